The molecule has 7 heteroatoms. The summed E-state index contributed by atoms with van der Waals surface area (Å²) in [5, 5.41) is 3.15. The molecule has 0 unspecified atom stereocenters. The molecule has 2 aromatic heterocycles. The number of H-pyrrole nitrogens is 1. The number of hydrogen-bond donors (Lipinski definition) is 2. The maximum Gasteiger partial charge on any atom is 0.252 e. The summed E-state index contributed by atoms with van der Waals surface area (Å²) in [6.45, 7) is 0.576. The minimum atomic E-state index is -0.215. The summed E-state index contributed by atoms with van der Waals surface area (Å²) in [6.07, 6.45) is 4.02. The van der Waals surface area contributed by atoms with Crippen LogP contribution in [-0.4, -0.2) is 35.7 Å². The minimum absolute atomic E-state index is 0.215. The van der Waals surface area contributed by atoms with E-state index in [-0.39, 0.29) is 5.56 Å². The highest BCUT2D eigenvalue weighted by Gasteiger charge is 2.07. The first kappa shape index (κ1) is 17.5. The SMILES string of the molecule is COc1ccc(OC)c(CCNc2nc(-c3ccncc3)cc(=O)[nH]2)c1. The van der Waals surface area contributed by atoms with Crippen molar-refractivity contribution in [1.82, 2.24) is 15.0 Å². The zero-order chi connectivity index (χ0) is 18.4. The standard InChI is InChI=1S/C19H20N4O3/c1-25-15-3-4-17(26-2)14(11-15)7-10-21-19-22-16(12-18(24)23-19)13-5-8-20-9-6-13/h3-6,8-9,11-12H,7,10H2,1-2H3,(H2,21,22,23,24). The zero-order valence-corrected chi connectivity index (χ0v) is 14.7. The molecule has 0 bridgehead atoms. The quantitative estimate of drug-likeness (QED) is 0.679. The predicted octanol–water partition coefficient (Wildman–Crippen LogP) is 2.50. The van der Waals surface area contributed by atoms with Gasteiger partial charge in [-0.25, -0.2) is 4.98 Å². The number of aromatic amines is 1. The van der Waals surface area contributed by atoms with Crippen molar-refractivity contribution in [3.63, 3.8) is 0 Å². The maximum atomic E-state index is 11.9. The van der Waals surface area contributed by atoms with Crippen LogP contribution in [0.5, 0.6) is 11.5 Å². The first-order chi connectivity index (χ1) is 12.7. The third kappa shape index (κ3) is 4.18. The zero-order valence-electron chi connectivity index (χ0n) is 14.7. The van der Waals surface area contributed by atoms with Crippen molar-refractivity contribution in [3.8, 4) is 22.8 Å². The second-order valence-electron chi connectivity index (χ2n) is 5.57. The maximum absolute atomic E-state index is 11.9. The van der Waals surface area contributed by atoms with Gasteiger partial charge >= 0.3 is 0 Å². The van der Waals surface area contributed by atoms with Crippen molar-refractivity contribution in [2.24, 2.45) is 0 Å². The van der Waals surface area contributed by atoms with Crippen LogP contribution in [0.4, 0.5) is 5.95 Å². The summed E-state index contributed by atoms with van der Waals surface area (Å²) in [6, 6.07) is 10.8. The van der Waals surface area contributed by atoms with E-state index < -0.39 is 0 Å². The fourth-order valence-corrected chi connectivity index (χ4v) is 2.60. The molecule has 2 heterocycles. The first-order valence-electron chi connectivity index (χ1n) is 8.16. The van der Waals surface area contributed by atoms with E-state index >= 15 is 0 Å². The van der Waals surface area contributed by atoms with Gasteiger partial charge in [0.15, 0.2) is 0 Å². The third-order valence-electron chi connectivity index (χ3n) is 3.89. The number of rotatable bonds is 7. The fraction of sp³-hybridized carbons (Fsp3) is 0.211. The molecule has 0 aliphatic heterocycles. The summed E-state index contributed by atoms with van der Waals surface area (Å²) in [7, 11) is 3.26. The molecule has 2 N–H and O–H groups in total. The van der Waals surface area contributed by atoms with E-state index in [2.05, 4.69) is 20.3 Å². The van der Waals surface area contributed by atoms with Gasteiger partial charge in [0.05, 0.1) is 19.9 Å². The van der Waals surface area contributed by atoms with Crippen LogP contribution in [-0.2, 0) is 6.42 Å². The van der Waals surface area contributed by atoms with E-state index in [1.807, 2.05) is 30.3 Å². The monoisotopic (exact) mass is 352 g/mol. The van der Waals surface area contributed by atoms with Gasteiger partial charge in [-0.1, -0.05) is 0 Å². The van der Waals surface area contributed by atoms with Crippen molar-refractivity contribution >= 4 is 5.95 Å². The van der Waals surface area contributed by atoms with Gasteiger partial charge in [0.2, 0.25) is 5.95 Å². The van der Waals surface area contributed by atoms with Crippen molar-refractivity contribution < 1.29 is 9.47 Å². The molecule has 0 spiro atoms. The summed E-state index contributed by atoms with van der Waals surface area (Å²) < 4.78 is 10.6. The van der Waals surface area contributed by atoms with Gasteiger partial charge in [-0.3, -0.25) is 14.8 Å². The highest BCUT2D eigenvalue weighted by molar-refractivity contribution is 5.59. The Morgan fingerprint density at radius 1 is 1.08 bits per heavy atom. The average Bonchev–Trinajstić information content (AvgIpc) is 2.68. The number of methoxy groups -OCH3 is 2. The Labute approximate surface area is 151 Å². The van der Waals surface area contributed by atoms with Gasteiger partial charge in [0, 0.05) is 30.6 Å². The van der Waals surface area contributed by atoms with Crippen molar-refractivity contribution in [1.29, 1.82) is 0 Å². The van der Waals surface area contributed by atoms with Crippen LogP contribution in [0.3, 0.4) is 0 Å². The van der Waals surface area contributed by atoms with Gasteiger partial charge in [-0.15, -0.1) is 0 Å². The van der Waals surface area contributed by atoms with Crippen LogP contribution in [0.15, 0.2) is 53.6 Å². The lowest BCUT2D eigenvalue weighted by atomic mass is 10.1. The Bertz CT molecular complexity index is 926. The molecule has 134 valence electrons. The van der Waals surface area contributed by atoms with Crippen LogP contribution in [0, 0.1) is 0 Å². The van der Waals surface area contributed by atoms with Crippen LogP contribution in [0.25, 0.3) is 11.3 Å². The van der Waals surface area contributed by atoms with Gasteiger partial charge in [0.25, 0.3) is 5.56 Å². The number of benzene rings is 1. The Kier molecular flexibility index (Phi) is 5.48. The molecular formula is C19H20N4O3. The summed E-state index contributed by atoms with van der Waals surface area (Å²) >= 11 is 0. The Balaban J connectivity index is 1.73. The smallest absolute Gasteiger partial charge is 0.252 e. The third-order valence-corrected chi connectivity index (χ3v) is 3.89. The van der Waals surface area contributed by atoms with Crippen LogP contribution >= 0.6 is 0 Å². The summed E-state index contributed by atoms with van der Waals surface area (Å²) in [5.74, 6) is 1.98. The average molecular weight is 352 g/mol. The Morgan fingerprint density at radius 2 is 1.88 bits per heavy atom. The second-order valence-corrected chi connectivity index (χ2v) is 5.57. The van der Waals surface area contributed by atoms with E-state index in [9.17, 15) is 4.79 Å². The molecule has 26 heavy (non-hydrogen) atoms. The first-order valence-corrected chi connectivity index (χ1v) is 8.16. The summed E-state index contributed by atoms with van der Waals surface area (Å²) in [5.41, 5.74) is 2.22. The number of nitrogens with one attached hydrogen (secondary N) is 2. The molecule has 0 atom stereocenters. The highest BCUT2D eigenvalue weighted by Crippen LogP contribution is 2.24. The molecule has 0 amide bonds. The molecule has 0 aliphatic carbocycles. The Hall–Kier alpha value is -3.35. The molecule has 3 aromatic rings. The topological polar surface area (TPSA) is 89.1 Å². The van der Waals surface area contributed by atoms with E-state index in [1.54, 1.807) is 26.6 Å². The number of aromatic nitrogens is 3. The lowest BCUT2D eigenvalue weighted by molar-refractivity contribution is 0.399. The molecule has 1 aromatic carbocycles. The highest BCUT2D eigenvalue weighted by atomic mass is 16.5. The largest absolute Gasteiger partial charge is 0.497 e. The van der Waals surface area contributed by atoms with E-state index in [0.29, 0.717) is 24.6 Å². The normalized spacial score (nSPS) is 10.4. The van der Waals surface area contributed by atoms with Gasteiger partial charge in [-0.05, 0) is 42.3 Å². The molecule has 3 rings (SSSR count). The molecule has 0 radical (unpaired) electrons. The second kappa shape index (κ2) is 8.15. The molecular weight excluding hydrogens is 332 g/mol. The lowest BCUT2D eigenvalue weighted by Gasteiger charge is -2.11. The van der Waals surface area contributed by atoms with Crippen molar-refractivity contribution in [2.75, 3.05) is 26.1 Å². The van der Waals surface area contributed by atoms with Crippen molar-refractivity contribution in [3.05, 3.63) is 64.7 Å². The predicted molar refractivity (Wildman–Crippen MR) is 99.8 cm³/mol. The fourth-order valence-electron chi connectivity index (χ4n) is 2.60. The van der Waals surface area contributed by atoms with E-state index in [0.717, 1.165) is 22.6 Å². The molecule has 7 nitrogen and oxygen atoms in total. The number of pyridine rings is 1. The lowest BCUT2D eigenvalue weighted by Crippen LogP contribution is -2.14. The van der Waals surface area contributed by atoms with Gasteiger partial charge in [0.1, 0.15) is 11.5 Å². The van der Waals surface area contributed by atoms with Gasteiger partial charge < -0.3 is 14.8 Å². The summed E-state index contributed by atoms with van der Waals surface area (Å²) in [4.78, 5) is 23.1. The molecule has 0 aliphatic rings. The van der Waals surface area contributed by atoms with Crippen LogP contribution < -0.4 is 20.3 Å². The molecule has 0 saturated carbocycles. The minimum Gasteiger partial charge on any atom is -0.497 e. The van der Waals surface area contributed by atoms with E-state index in [1.165, 1.54) is 6.07 Å². The van der Waals surface area contributed by atoms with Crippen molar-refractivity contribution in [2.45, 2.75) is 6.42 Å². The number of nitrogens with zero attached hydrogens (tertiary/aromatic N) is 2. The van der Waals surface area contributed by atoms with Gasteiger partial charge in [-0.2, -0.15) is 0 Å². The molecule has 0 saturated heterocycles. The van der Waals surface area contributed by atoms with Crippen LogP contribution in [0.1, 0.15) is 5.56 Å². The van der Waals surface area contributed by atoms with Crippen LogP contribution in [0.2, 0.25) is 0 Å². The number of hydrogen-bond acceptors (Lipinski definition) is 6. The number of anilines is 1. The number of ether oxygens (including phenoxy) is 2. The Morgan fingerprint density at radius 3 is 2.62 bits per heavy atom. The van der Waals surface area contributed by atoms with E-state index in [4.69, 9.17) is 9.47 Å². The molecule has 0 fully saturated rings.